The van der Waals surface area contributed by atoms with Crippen molar-refractivity contribution in [2.45, 2.75) is 45.3 Å². The number of methoxy groups -OCH3 is 1. The Kier molecular flexibility index (Phi) is 6.27. The number of nitrogens with zero attached hydrogens (tertiary/aromatic N) is 4. The van der Waals surface area contributed by atoms with Crippen LogP contribution >= 0.6 is 0 Å². The first kappa shape index (κ1) is 21.4. The lowest BCUT2D eigenvalue weighted by Crippen LogP contribution is -2.39. The molecule has 0 unspecified atom stereocenters. The zero-order valence-corrected chi connectivity index (χ0v) is 18.0. The molecule has 1 aliphatic heterocycles. The average Bonchev–Trinajstić information content (AvgIpc) is 2.80. The fraction of sp³-hybridized carbons (Fsp3) is 0.435. The number of rotatable bonds is 6. The highest BCUT2D eigenvalue weighted by molar-refractivity contribution is 5.92. The van der Waals surface area contributed by atoms with Crippen LogP contribution in [-0.2, 0) is 4.74 Å². The first-order chi connectivity index (χ1) is 15.0. The lowest BCUT2D eigenvalue weighted by atomic mass is 10.0. The molecule has 0 amide bonds. The van der Waals surface area contributed by atoms with Gasteiger partial charge in [0.05, 0.1) is 35.2 Å². The number of aryl methyl sites for hydroxylation is 1. The monoisotopic (exact) mass is 427 g/mol. The molecule has 8 heteroatoms. The Bertz CT molecular complexity index is 1060. The van der Waals surface area contributed by atoms with E-state index in [-0.39, 0.29) is 17.7 Å². The van der Waals surface area contributed by atoms with Crippen LogP contribution in [0.15, 0.2) is 36.5 Å². The van der Waals surface area contributed by atoms with E-state index in [9.17, 15) is 8.78 Å². The van der Waals surface area contributed by atoms with Gasteiger partial charge in [0.2, 0.25) is 0 Å². The molecular weight excluding hydrogens is 400 g/mol. The molecule has 0 spiro atoms. The van der Waals surface area contributed by atoms with Gasteiger partial charge in [-0.05, 0) is 44.4 Å². The van der Waals surface area contributed by atoms with Gasteiger partial charge < -0.3 is 15.0 Å². The van der Waals surface area contributed by atoms with E-state index >= 15 is 0 Å². The van der Waals surface area contributed by atoms with E-state index in [0.717, 1.165) is 53.8 Å². The van der Waals surface area contributed by atoms with E-state index < -0.39 is 6.43 Å². The number of piperidine rings is 1. The van der Waals surface area contributed by atoms with E-state index in [1.165, 1.54) is 12.1 Å². The van der Waals surface area contributed by atoms with Crippen molar-refractivity contribution in [1.82, 2.24) is 15.2 Å². The van der Waals surface area contributed by atoms with Crippen molar-refractivity contribution in [3.8, 4) is 0 Å². The lowest BCUT2D eigenvalue weighted by molar-refractivity contribution is 0.0893. The van der Waals surface area contributed by atoms with E-state index in [1.54, 1.807) is 13.2 Å². The molecule has 2 aromatic heterocycles. The van der Waals surface area contributed by atoms with Crippen molar-refractivity contribution in [2.24, 2.45) is 0 Å². The van der Waals surface area contributed by atoms with Crippen LogP contribution in [0.1, 0.15) is 49.1 Å². The summed E-state index contributed by atoms with van der Waals surface area (Å²) in [6, 6.07) is 8.28. The van der Waals surface area contributed by atoms with Gasteiger partial charge in [0.25, 0.3) is 6.43 Å². The van der Waals surface area contributed by atoms with Gasteiger partial charge in [-0.2, -0.15) is 5.10 Å². The summed E-state index contributed by atoms with van der Waals surface area (Å²) in [5.74, 6) is 0.588. The van der Waals surface area contributed by atoms with Gasteiger partial charge in [-0.1, -0.05) is 18.2 Å². The fourth-order valence-corrected chi connectivity index (χ4v) is 4.05. The maximum atomic E-state index is 13.1. The normalized spacial score (nSPS) is 17.9. The number of nitrogens with one attached hydrogen (secondary N) is 1. The molecule has 6 nitrogen and oxygen atoms in total. The second-order valence-electron chi connectivity index (χ2n) is 8.01. The molecule has 2 atom stereocenters. The van der Waals surface area contributed by atoms with Crippen molar-refractivity contribution in [3.05, 3.63) is 53.3 Å². The van der Waals surface area contributed by atoms with Crippen LogP contribution in [0.25, 0.3) is 10.9 Å². The van der Waals surface area contributed by atoms with Gasteiger partial charge >= 0.3 is 0 Å². The number of fused-ring (bicyclic) bond motifs is 1. The lowest BCUT2D eigenvalue weighted by Gasteiger charge is -2.33. The number of halogens is 2. The summed E-state index contributed by atoms with van der Waals surface area (Å²) in [5.41, 5.74) is 3.30. The number of ether oxygens (including phenoxy) is 1. The highest BCUT2D eigenvalue weighted by Gasteiger charge is 2.21. The summed E-state index contributed by atoms with van der Waals surface area (Å²) < 4.78 is 31.8. The summed E-state index contributed by atoms with van der Waals surface area (Å²) in [4.78, 5) is 6.94. The van der Waals surface area contributed by atoms with Crippen LogP contribution in [0.4, 0.5) is 20.3 Å². The molecule has 1 aliphatic rings. The Balaban J connectivity index is 1.66. The molecule has 4 rings (SSSR count). The Labute approximate surface area is 180 Å². The maximum absolute atomic E-state index is 13.1. The molecular formula is C23H27F2N5O. The molecule has 0 saturated carbocycles. The van der Waals surface area contributed by atoms with Gasteiger partial charge in [-0.15, -0.1) is 5.10 Å². The van der Waals surface area contributed by atoms with Crippen LogP contribution in [0, 0.1) is 6.92 Å². The van der Waals surface area contributed by atoms with Crippen molar-refractivity contribution in [1.29, 1.82) is 0 Å². The molecule has 31 heavy (non-hydrogen) atoms. The smallest absolute Gasteiger partial charge is 0.263 e. The Morgan fingerprint density at radius 2 is 2.00 bits per heavy atom. The predicted octanol–water partition coefficient (Wildman–Crippen LogP) is 5.06. The topological polar surface area (TPSA) is 63.2 Å². The van der Waals surface area contributed by atoms with Crippen LogP contribution in [0.3, 0.4) is 0 Å². The largest absolute Gasteiger partial charge is 0.380 e. The molecule has 164 valence electrons. The zero-order valence-electron chi connectivity index (χ0n) is 18.0. The maximum Gasteiger partial charge on any atom is 0.263 e. The number of hydrogen-bond acceptors (Lipinski definition) is 6. The summed E-state index contributed by atoms with van der Waals surface area (Å²) in [7, 11) is 1.75. The predicted molar refractivity (Wildman–Crippen MR) is 118 cm³/mol. The highest BCUT2D eigenvalue weighted by atomic mass is 19.3. The molecule has 1 N–H and O–H groups in total. The van der Waals surface area contributed by atoms with Crippen molar-refractivity contribution < 1.29 is 13.5 Å². The van der Waals surface area contributed by atoms with Gasteiger partial charge in [0, 0.05) is 31.1 Å². The summed E-state index contributed by atoms with van der Waals surface area (Å²) in [6.45, 7) is 5.57. The molecule has 1 aromatic carbocycles. The minimum atomic E-state index is -2.50. The second-order valence-corrected chi connectivity index (χ2v) is 8.01. The van der Waals surface area contributed by atoms with Crippen LogP contribution in [-0.4, -0.2) is 41.5 Å². The van der Waals surface area contributed by atoms with Gasteiger partial charge in [-0.25, -0.2) is 8.78 Å². The molecule has 0 radical (unpaired) electrons. The van der Waals surface area contributed by atoms with E-state index in [4.69, 9.17) is 4.74 Å². The molecule has 0 bridgehead atoms. The molecule has 1 fully saturated rings. The van der Waals surface area contributed by atoms with Gasteiger partial charge in [0.1, 0.15) is 0 Å². The van der Waals surface area contributed by atoms with E-state index in [2.05, 4.69) is 31.5 Å². The minimum absolute atomic E-state index is 0.00717. The molecule has 0 aliphatic carbocycles. The van der Waals surface area contributed by atoms with Crippen LogP contribution in [0.2, 0.25) is 0 Å². The highest BCUT2D eigenvalue weighted by Crippen LogP contribution is 2.30. The SMILES string of the molecule is CO[C@H]1CCCN(c2cnc3c(C)nnc(N[C@H](C)c4cccc(C(F)F)c4)c3c2)C1. The molecule has 3 heterocycles. The number of alkyl halides is 2. The number of anilines is 2. The zero-order chi connectivity index (χ0) is 22.0. The average molecular weight is 427 g/mol. The number of aromatic nitrogens is 3. The summed E-state index contributed by atoms with van der Waals surface area (Å²) >= 11 is 0. The number of pyridine rings is 1. The Morgan fingerprint density at radius 3 is 2.77 bits per heavy atom. The van der Waals surface area contributed by atoms with Gasteiger partial charge in [0.15, 0.2) is 5.82 Å². The standard InChI is InChI=1S/C23H27F2N5O/c1-14(16-6-4-7-17(10-16)22(24)25)27-23-20-11-18(12-26-21(20)15(2)28-29-23)30-9-5-8-19(13-30)31-3/h4,6-7,10-12,14,19,22H,5,8-9,13H2,1-3H3,(H,27,29)/t14-,19+/m1/s1. The first-order valence-electron chi connectivity index (χ1n) is 10.5. The molecule has 3 aromatic rings. The number of benzene rings is 1. The summed E-state index contributed by atoms with van der Waals surface area (Å²) in [5, 5.41) is 12.8. The third-order valence-electron chi connectivity index (χ3n) is 5.86. The number of hydrogen-bond donors (Lipinski definition) is 1. The van der Waals surface area contributed by atoms with E-state index in [1.807, 2.05) is 26.1 Å². The third kappa shape index (κ3) is 4.58. The van der Waals surface area contributed by atoms with Crippen LogP contribution < -0.4 is 10.2 Å². The molecule has 1 saturated heterocycles. The summed E-state index contributed by atoms with van der Waals surface area (Å²) in [6.07, 6.45) is 1.70. The van der Waals surface area contributed by atoms with Crippen molar-refractivity contribution in [3.63, 3.8) is 0 Å². The fourth-order valence-electron chi connectivity index (χ4n) is 4.05. The Morgan fingerprint density at radius 1 is 1.19 bits per heavy atom. The Hall–Kier alpha value is -2.87. The second kappa shape index (κ2) is 9.09. The minimum Gasteiger partial charge on any atom is -0.380 e. The van der Waals surface area contributed by atoms with E-state index in [0.29, 0.717) is 5.82 Å². The third-order valence-corrected chi connectivity index (χ3v) is 5.86. The first-order valence-corrected chi connectivity index (χ1v) is 10.5. The van der Waals surface area contributed by atoms with Crippen LogP contribution in [0.5, 0.6) is 0 Å². The van der Waals surface area contributed by atoms with Crippen molar-refractivity contribution >= 4 is 22.4 Å². The van der Waals surface area contributed by atoms with Crippen molar-refractivity contribution in [2.75, 3.05) is 30.4 Å². The van der Waals surface area contributed by atoms with Gasteiger partial charge in [-0.3, -0.25) is 4.98 Å². The quantitative estimate of drug-likeness (QED) is 0.593.